The number of ketones is 1. The van der Waals surface area contributed by atoms with E-state index in [1.165, 1.54) is 0 Å². The molecule has 3 rings (SSSR count). The number of nitrogens with one attached hydrogen (secondary N) is 1. The van der Waals surface area contributed by atoms with Gasteiger partial charge < -0.3 is 14.8 Å². The number of amides is 1. The number of anilines is 1. The standard InChI is InChI=1S/C24H23NO4/c1-3-22(29-19-13-9-12-18(16-19)28-2)24(27)25-21-15-8-7-14-20(21)23(26)17-10-5-4-6-11-17/h4-16,22H,3H2,1-2H3,(H,25,27). The van der Waals surface area contributed by atoms with E-state index < -0.39 is 6.10 Å². The van der Waals surface area contributed by atoms with E-state index in [4.69, 9.17) is 9.47 Å². The van der Waals surface area contributed by atoms with Crippen molar-refractivity contribution in [2.75, 3.05) is 12.4 Å². The fourth-order valence-electron chi connectivity index (χ4n) is 2.91. The number of rotatable bonds is 8. The van der Waals surface area contributed by atoms with Crippen LogP contribution in [0.3, 0.4) is 0 Å². The molecule has 3 aromatic carbocycles. The summed E-state index contributed by atoms with van der Waals surface area (Å²) >= 11 is 0. The zero-order valence-electron chi connectivity index (χ0n) is 16.4. The van der Waals surface area contributed by atoms with Crippen molar-refractivity contribution in [2.45, 2.75) is 19.4 Å². The average Bonchev–Trinajstić information content (AvgIpc) is 2.78. The zero-order valence-corrected chi connectivity index (χ0v) is 16.4. The normalized spacial score (nSPS) is 11.4. The lowest BCUT2D eigenvalue weighted by atomic mass is 10.0. The molecule has 0 aromatic heterocycles. The molecule has 1 unspecified atom stereocenters. The predicted octanol–water partition coefficient (Wildman–Crippen LogP) is 4.72. The molecule has 5 nitrogen and oxygen atoms in total. The molecular formula is C24H23NO4. The number of benzene rings is 3. The van der Waals surface area contributed by atoms with Gasteiger partial charge >= 0.3 is 0 Å². The number of carbonyl (C=O) groups is 2. The van der Waals surface area contributed by atoms with Crippen LogP contribution in [0.5, 0.6) is 11.5 Å². The van der Waals surface area contributed by atoms with Crippen LogP contribution in [0.4, 0.5) is 5.69 Å². The molecule has 3 aromatic rings. The predicted molar refractivity (Wildman–Crippen MR) is 113 cm³/mol. The maximum Gasteiger partial charge on any atom is 0.265 e. The van der Waals surface area contributed by atoms with Gasteiger partial charge in [-0.15, -0.1) is 0 Å². The number of hydrogen-bond acceptors (Lipinski definition) is 4. The van der Waals surface area contributed by atoms with Crippen molar-refractivity contribution >= 4 is 17.4 Å². The summed E-state index contributed by atoms with van der Waals surface area (Å²) in [7, 11) is 1.57. The molecule has 1 amide bonds. The molecule has 0 fully saturated rings. The second kappa shape index (κ2) is 9.55. The summed E-state index contributed by atoms with van der Waals surface area (Å²) in [4.78, 5) is 25.7. The van der Waals surface area contributed by atoms with Crippen LogP contribution in [-0.2, 0) is 4.79 Å². The fourth-order valence-corrected chi connectivity index (χ4v) is 2.91. The van der Waals surface area contributed by atoms with Gasteiger partial charge in [0.25, 0.3) is 5.91 Å². The SMILES string of the molecule is CCC(Oc1cccc(OC)c1)C(=O)Nc1ccccc1C(=O)c1ccccc1. The molecule has 0 aliphatic heterocycles. The number of carbonyl (C=O) groups excluding carboxylic acids is 2. The summed E-state index contributed by atoms with van der Waals surface area (Å²) in [5.41, 5.74) is 1.45. The van der Waals surface area contributed by atoms with Crippen LogP contribution in [0.25, 0.3) is 0 Å². The Bertz CT molecular complexity index is 985. The summed E-state index contributed by atoms with van der Waals surface area (Å²) in [6.45, 7) is 1.87. The quantitative estimate of drug-likeness (QED) is 0.566. The van der Waals surface area contributed by atoms with Crippen molar-refractivity contribution in [1.29, 1.82) is 0 Å². The Morgan fingerprint density at radius 2 is 1.59 bits per heavy atom. The van der Waals surface area contributed by atoms with E-state index in [0.29, 0.717) is 34.7 Å². The molecule has 0 spiro atoms. The van der Waals surface area contributed by atoms with Crippen LogP contribution in [0.1, 0.15) is 29.3 Å². The maximum atomic E-state index is 12.9. The molecule has 0 saturated carbocycles. The van der Waals surface area contributed by atoms with Crippen molar-refractivity contribution in [2.24, 2.45) is 0 Å². The van der Waals surface area contributed by atoms with Crippen LogP contribution >= 0.6 is 0 Å². The molecule has 0 saturated heterocycles. The first kappa shape index (κ1) is 20.1. The third-order valence-corrected chi connectivity index (χ3v) is 4.45. The second-order valence-electron chi connectivity index (χ2n) is 6.42. The van der Waals surface area contributed by atoms with Gasteiger partial charge in [-0.05, 0) is 30.7 Å². The van der Waals surface area contributed by atoms with Gasteiger partial charge in [0, 0.05) is 17.2 Å². The summed E-state index contributed by atoms with van der Waals surface area (Å²) in [5.74, 6) is 0.725. The van der Waals surface area contributed by atoms with E-state index in [9.17, 15) is 9.59 Å². The topological polar surface area (TPSA) is 64.6 Å². The van der Waals surface area contributed by atoms with E-state index in [0.717, 1.165) is 0 Å². The lowest BCUT2D eigenvalue weighted by Gasteiger charge is -2.18. The van der Waals surface area contributed by atoms with E-state index in [1.54, 1.807) is 67.8 Å². The number of methoxy groups -OCH3 is 1. The van der Waals surface area contributed by atoms with Gasteiger partial charge in [0.1, 0.15) is 11.5 Å². The van der Waals surface area contributed by atoms with E-state index in [1.807, 2.05) is 25.1 Å². The molecule has 0 bridgehead atoms. The summed E-state index contributed by atoms with van der Waals surface area (Å²) in [5, 5.41) is 2.85. The highest BCUT2D eigenvalue weighted by atomic mass is 16.5. The molecule has 148 valence electrons. The smallest absolute Gasteiger partial charge is 0.265 e. The molecule has 1 atom stereocenters. The first-order chi connectivity index (χ1) is 14.1. The molecule has 5 heteroatoms. The largest absolute Gasteiger partial charge is 0.497 e. The molecule has 29 heavy (non-hydrogen) atoms. The Morgan fingerprint density at radius 1 is 0.897 bits per heavy atom. The van der Waals surface area contributed by atoms with Crippen molar-refractivity contribution < 1.29 is 19.1 Å². The molecular weight excluding hydrogens is 366 g/mol. The molecule has 1 N–H and O–H groups in total. The van der Waals surface area contributed by atoms with Crippen LogP contribution in [0.15, 0.2) is 78.9 Å². The van der Waals surface area contributed by atoms with Crippen LogP contribution in [-0.4, -0.2) is 24.9 Å². The minimum absolute atomic E-state index is 0.150. The molecule has 0 aliphatic carbocycles. The highest BCUT2D eigenvalue weighted by Crippen LogP contribution is 2.23. The summed E-state index contributed by atoms with van der Waals surface area (Å²) in [6, 6.07) is 23.0. The Labute approximate surface area is 170 Å². The van der Waals surface area contributed by atoms with Crippen molar-refractivity contribution in [3.63, 3.8) is 0 Å². The van der Waals surface area contributed by atoms with Crippen LogP contribution < -0.4 is 14.8 Å². The lowest BCUT2D eigenvalue weighted by molar-refractivity contribution is -0.122. The molecule has 0 heterocycles. The minimum atomic E-state index is -0.706. The first-order valence-corrected chi connectivity index (χ1v) is 9.42. The number of hydrogen-bond donors (Lipinski definition) is 1. The van der Waals surface area contributed by atoms with Crippen molar-refractivity contribution in [3.05, 3.63) is 90.0 Å². The number of ether oxygens (including phenoxy) is 2. The van der Waals surface area contributed by atoms with Gasteiger partial charge in [0.15, 0.2) is 11.9 Å². The van der Waals surface area contributed by atoms with Gasteiger partial charge in [-0.3, -0.25) is 9.59 Å². The van der Waals surface area contributed by atoms with Gasteiger partial charge in [-0.2, -0.15) is 0 Å². The molecule has 0 radical (unpaired) electrons. The van der Waals surface area contributed by atoms with Gasteiger partial charge in [0.05, 0.1) is 12.8 Å². The minimum Gasteiger partial charge on any atom is -0.497 e. The van der Waals surface area contributed by atoms with Crippen LogP contribution in [0.2, 0.25) is 0 Å². The maximum absolute atomic E-state index is 12.9. The van der Waals surface area contributed by atoms with Gasteiger partial charge in [-0.25, -0.2) is 0 Å². The Kier molecular flexibility index (Phi) is 6.63. The Balaban J connectivity index is 1.78. The number of para-hydroxylation sites is 1. The van der Waals surface area contributed by atoms with E-state index in [-0.39, 0.29) is 11.7 Å². The average molecular weight is 389 g/mol. The molecule has 0 aliphatic rings. The van der Waals surface area contributed by atoms with E-state index in [2.05, 4.69) is 5.32 Å². The lowest BCUT2D eigenvalue weighted by Crippen LogP contribution is -2.32. The third kappa shape index (κ3) is 5.02. The summed E-state index contributed by atoms with van der Waals surface area (Å²) < 4.78 is 11.0. The highest BCUT2D eigenvalue weighted by molar-refractivity contribution is 6.14. The zero-order chi connectivity index (χ0) is 20.6. The highest BCUT2D eigenvalue weighted by Gasteiger charge is 2.21. The van der Waals surface area contributed by atoms with Gasteiger partial charge in [-0.1, -0.05) is 55.5 Å². The summed E-state index contributed by atoms with van der Waals surface area (Å²) in [6.07, 6.45) is -0.236. The van der Waals surface area contributed by atoms with Crippen LogP contribution in [0, 0.1) is 0 Å². The second-order valence-corrected chi connectivity index (χ2v) is 6.42. The Hall–Kier alpha value is -3.60. The van der Waals surface area contributed by atoms with Crippen molar-refractivity contribution in [3.8, 4) is 11.5 Å². The van der Waals surface area contributed by atoms with Gasteiger partial charge in [0.2, 0.25) is 0 Å². The fraction of sp³-hybridized carbons (Fsp3) is 0.167. The van der Waals surface area contributed by atoms with E-state index >= 15 is 0 Å². The first-order valence-electron chi connectivity index (χ1n) is 9.42. The Morgan fingerprint density at radius 3 is 2.31 bits per heavy atom. The third-order valence-electron chi connectivity index (χ3n) is 4.45. The monoisotopic (exact) mass is 389 g/mol. The van der Waals surface area contributed by atoms with Crippen molar-refractivity contribution in [1.82, 2.24) is 0 Å².